The lowest BCUT2D eigenvalue weighted by Crippen LogP contribution is -2.29. The summed E-state index contributed by atoms with van der Waals surface area (Å²) in [4.78, 5) is 32.9. The third kappa shape index (κ3) is 4.16. The molecule has 1 saturated heterocycles. The quantitative estimate of drug-likeness (QED) is 0.188. The molecule has 1 fully saturated rings. The van der Waals surface area contributed by atoms with Crippen LogP contribution in [0.15, 0.2) is 78.4 Å². The van der Waals surface area contributed by atoms with Gasteiger partial charge in [0.1, 0.15) is 11.5 Å². The number of thiazole rings is 1. The van der Waals surface area contributed by atoms with Gasteiger partial charge >= 0.3 is 5.91 Å². The molecule has 4 aromatic rings. The third-order valence-electron chi connectivity index (χ3n) is 6.28. The first-order valence-corrected chi connectivity index (χ1v) is 12.7. The fraction of sp³-hybridized carbons (Fsp3) is 0.207. The zero-order chi connectivity index (χ0) is 25.4. The van der Waals surface area contributed by atoms with E-state index in [1.165, 1.54) is 16.2 Å². The highest BCUT2D eigenvalue weighted by Gasteiger charge is 2.48. The van der Waals surface area contributed by atoms with E-state index in [2.05, 4.69) is 18.8 Å². The average Bonchev–Trinajstić information content (AvgIpc) is 3.42. The summed E-state index contributed by atoms with van der Waals surface area (Å²) in [5.41, 5.74) is 3.10. The Hall–Kier alpha value is -3.97. The lowest BCUT2D eigenvalue weighted by atomic mass is 9.93. The lowest BCUT2D eigenvalue weighted by Gasteiger charge is -2.23. The highest BCUT2D eigenvalue weighted by atomic mass is 32.1. The van der Waals surface area contributed by atoms with Crippen molar-refractivity contribution in [2.75, 3.05) is 11.5 Å². The Morgan fingerprint density at radius 3 is 2.44 bits per heavy atom. The summed E-state index contributed by atoms with van der Waals surface area (Å²) in [6.45, 7) is 6.67. The van der Waals surface area contributed by atoms with E-state index in [0.29, 0.717) is 34.5 Å². The number of amides is 1. The number of aromatic nitrogens is 1. The maximum Gasteiger partial charge on any atom is 0.301 e. The fourth-order valence-electron chi connectivity index (χ4n) is 4.41. The largest absolute Gasteiger partial charge is 0.507 e. The van der Waals surface area contributed by atoms with E-state index in [1.54, 1.807) is 24.3 Å². The molecule has 1 unspecified atom stereocenters. The predicted molar refractivity (Wildman–Crippen MR) is 143 cm³/mol. The van der Waals surface area contributed by atoms with Crippen LogP contribution >= 0.6 is 11.3 Å². The Morgan fingerprint density at radius 1 is 1.06 bits per heavy atom. The summed E-state index contributed by atoms with van der Waals surface area (Å²) in [7, 11) is 0. The predicted octanol–water partition coefficient (Wildman–Crippen LogP) is 6.44. The molecule has 1 atom stereocenters. The molecule has 1 aromatic heterocycles. The SMILES string of the molecule is CCOc1ccc2nc(N3C(=O)C(=O)/C(=C(/O)c4ccccc4)C3c3ccc(C(C)C)cc3)sc2c1. The van der Waals surface area contributed by atoms with Gasteiger partial charge in [-0.05, 0) is 42.2 Å². The molecule has 1 aliphatic rings. The van der Waals surface area contributed by atoms with Crippen molar-refractivity contribution in [2.45, 2.75) is 32.7 Å². The van der Waals surface area contributed by atoms with Crippen LogP contribution in [0.2, 0.25) is 0 Å². The van der Waals surface area contributed by atoms with Gasteiger partial charge in [0.15, 0.2) is 5.13 Å². The summed E-state index contributed by atoms with van der Waals surface area (Å²) in [6.07, 6.45) is 0. The molecule has 1 amide bonds. The van der Waals surface area contributed by atoms with Gasteiger partial charge in [0, 0.05) is 5.56 Å². The zero-order valence-electron chi connectivity index (χ0n) is 20.3. The van der Waals surface area contributed by atoms with Gasteiger partial charge in [-0.25, -0.2) is 4.98 Å². The number of fused-ring (bicyclic) bond motifs is 1. The second kappa shape index (κ2) is 9.59. The molecule has 1 aliphatic heterocycles. The van der Waals surface area contributed by atoms with E-state index in [-0.39, 0.29) is 11.3 Å². The smallest absolute Gasteiger partial charge is 0.301 e. The van der Waals surface area contributed by atoms with Gasteiger partial charge in [0.2, 0.25) is 0 Å². The second-order valence-electron chi connectivity index (χ2n) is 8.92. The van der Waals surface area contributed by atoms with Crippen molar-refractivity contribution in [3.63, 3.8) is 0 Å². The average molecular weight is 499 g/mol. The highest BCUT2D eigenvalue weighted by Crippen LogP contribution is 2.44. The molecule has 0 radical (unpaired) electrons. The normalized spacial score (nSPS) is 17.3. The molecule has 1 N–H and O–H groups in total. The van der Waals surface area contributed by atoms with Crippen LogP contribution in [-0.4, -0.2) is 28.4 Å². The molecule has 182 valence electrons. The Balaban J connectivity index is 1.68. The molecule has 5 rings (SSSR count). The molecule has 36 heavy (non-hydrogen) atoms. The third-order valence-corrected chi connectivity index (χ3v) is 7.29. The summed E-state index contributed by atoms with van der Waals surface area (Å²) < 4.78 is 6.45. The van der Waals surface area contributed by atoms with Crippen molar-refractivity contribution in [3.8, 4) is 5.75 Å². The molecule has 0 bridgehead atoms. The molecule has 3 aromatic carbocycles. The number of aliphatic hydroxyl groups is 1. The van der Waals surface area contributed by atoms with E-state index < -0.39 is 17.7 Å². The minimum Gasteiger partial charge on any atom is -0.507 e. The van der Waals surface area contributed by atoms with Gasteiger partial charge in [-0.15, -0.1) is 0 Å². The van der Waals surface area contributed by atoms with Gasteiger partial charge in [-0.2, -0.15) is 0 Å². The van der Waals surface area contributed by atoms with Crippen LogP contribution < -0.4 is 9.64 Å². The first kappa shape index (κ1) is 23.8. The van der Waals surface area contributed by atoms with Crippen molar-refractivity contribution < 1.29 is 19.4 Å². The van der Waals surface area contributed by atoms with Crippen LogP contribution in [0.5, 0.6) is 5.75 Å². The topological polar surface area (TPSA) is 79.7 Å². The lowest BCUT2D eigenvalue weighted by molar-refractivity contribution is -0.132. The molecule has 0 aliphatic carbocycles. The number of rotatable bonds is 6. The minimum absolute atomic E-state index is 0.0535. The number of hydrogen-bond acceptors (Lipinski definition) is 6. The number of nitrogens with zero attached hydrogens (tertiary/aromatic N) is 2. The number of aliphatic hydroxyl groups excluding tert-OH is 1. The molecule has 7 heteroatoms. The van der Waals surface area contributed by atoms with Crippen molar-refractivity contribution in [1.29, 1.82) is 0 Å². The van der Waals surface area contributed by atoms with Crippen LogP contribution in [0.3, 0.4) is 0 Å². The Morgan fingerprint density at radius 2 is 1.78 bits per heavy atom. The molecule has 6 nitrogen and oxygen atoms in total. The Labute approximate surface area is 213 Å². The number of hydrogen-bond donors (Lipinski definition) is 1. The van der Waals surface area contributed by atoms with Gasteiger partial charge in [0.05, 0.1) is 28.4 Å². The van der Waals surface area contributed by atoms with Gasteiger partial charge in [-0.1, -0.05) is 79.8 Å². The Kier molecular flexibility index (Phi) is 6.33. The summed E-state index contributed by atoms with van der Waals surface area (Å²) in [5, 5.41) is 11.6. The summed E-state index contributed by atoms with van der Waals surface area (Å²) in [6, 6.07) is 21.4. The Bertz CT molecular complexity index is 1470. The number of carbonyl (C=O) groups excluding carboxylic acids is 2. The number of ketones is 1. The molecule has 0 saturated carbocycles. The highest BCUT2D eigenvalue weighted by molar-refractivity contribution is 7.22. The number of Topliss-reactive ketones (excluding diaryl/α,β-unsaturated/α-hetero) is 1. The van der Waals surface area contributed by atoms with Crippen LogP contribution in [0.4, 0.5) is 5.13 Å². The summed E-state index contributed by atoms with van der Waals surface area (Å²) in [5.74, 6) is -0.599. The maximum absolute atomic E-state index is 13.4. The van der Waals surface area contributed by atoms with Crippen LogP contribution in [-0.2, 0) is 9.59 Å². The number of carbonyl (C=O) groups is 2. The number of benzene rings is 3. The van der Waals surface area contributed by atoms with Gasteiger partial charge in [0.25, 0.3) is 5.78 Å². The van der Waals surface area contributed by atoms with E-state index in [9.17, 15) is 14.7 Å². The zero-order valence-corrected chi connectivity index (χ0v) is 21.1. The van der Waals surface area contributed by atoms with Crippen LogP contribution in [0.25, 0.3) is 16.0 Å². The first-order valence-electron chi connectivity index (χ1n) is 11.9. The van der Waals surface area contributed by atoms with Gasteiger partial charge in [-0.3, -0.25) is 14.5 Å². The van der Waals surface area contributed by atoms with Crippen molar-refractivity contribution in [1.82, 2.24) is 4.98 Å². The van der Waals surface area contributed by atoms with Crippen LogP contribution in [0, 0.1) is 0 Å². The van der Waals surface area contributed by atoms with Crippen molar-refractivity contribution in [3.05, 3.63) is 95.1 Å². The fourth-order valence-corrected chi connectivity index (χ4v) is 5.43. The van der Waals surface area contributed by atoms with E-state index in [0.717, 1.165) is 15.8 Å². The molecular weight excluding hydrogens is 472 g/mol. The van der Waals surface area contributed by atoms with Gasteiger partial charge < -0.3 is 9.84 Å². The van der Waals surface area contributed by atoms with E-state index in [4.69, 9.17) is 4.74 Å². The van der Waals surface area contributed by atoms with E-state index in [1.807, 2.05) is 55.5 Å². The van der Waals surface area contributed by atoms with E-state index >= 15 is 0 Å². The second-order valence-corrected chi connectivity index (χ2v) is 9.92. The molecular formula is C29H26N2O4S. The minimum atomic E-state index is -0.807. The summed E-state index contributed by atoms with van der Waals surface area (Å²) >= 11 is 1.31. The van der Waals surface area contributed by atoms with Crippen LogP contribution in [0.1, 0.15) is 49.4 Å². The number of ether oxygens (including phenoxy) is 1. The van der Waals surface area contributed by atoms with Crippen molar-refractivity contribution >= 4 is 44.1 Å². The molecule has 2 heterocycles. The monoisotopic (exact) mass is 498 g/mol. The first-order chi connectivity index (χ1) is 17.4. The maximum atomic E-state index is 13.4. The molecule has 0 spiro atoms. The standard InChI is InChI=1S/C29H26N2O4S/c1-4-35-21-14-15-22-23(16-21)36-29(30-22)31-25(19-12-10-18(11-13-19)17(2)3)24(27(33)28(31)34)26(32)20-8-6-5-7-9-20/h5-17,25,32H,4H2,1-3H3/b26-24+. The number of anilines is 1. The van der Waals surface area contributed by atoms with Crippen molar-refractivity contribution in [2.24, 2.45) is 0 Å².